The van der Waals surface area contributed by atoms with Crippen LogP contribution in [0.3, 0.4) is 0 Å². The van der Waals surface area contributed by atoms with Crippen LogP contribution in [0, 0.1) is 5.92 Å². The Morgan fingerprint density at radius 3 is 3.15 bits per heavy atom. The second-order valence-corrected chi connectivity index (χ2v) is 7.39. The maximum Gasteiger partial charge on any atom is 0.227 e. The highest BCUT2D eigenvalue weighted by molar-refractivity contribution is 7.08. The van der Waals surface area contributed by atoms with E-state index in [0.29, 0.717) is 30.5 Å². The summed E-state index contributed by atoms with van der Waals surface area (Å²) in [6, 6.07) is 5.79. The molecule has 134 valence electrons. The SMILES string of the molecule is O=C(Cc1cccnc1)N1CCC[C@H](Cc2nc(-c3ccsc3)no2)C1. The molecular formula is C19H20N4O2S. The summed E-state index contributed by atoms with van der Waals surface area (Å²) in [5, 5.41) is 8.07. The minimum absolute atomic E-state index is 0.159. The van der Waals surface area contributed by atoms with Crippen LogP contribution >= 0.6 is 11.3 Å². The third-order valence-corrected chi connectivity index (χ3v) is 5.34. The van der Waals surface area contributed by atoms with Gasteiger partial charge in [-0.15, -0.1) is 0 Å². The highest BCUT2D eigenvalue weighted by Gasteiger charge is 2.25. The van der Waals surface area contributed by atoms with Crippen molar-refractivity contribution in [3.05, 3.63) is 52.8 Å². The lowest BCUT2D eigenvalue weighted by Gasteiger charge is -2.32. The topological polar surface area (TPSA) is 72.1 Å². The highest BCUT2D eigenvalue weighted by atomic mass is 32.1. The van der Waals surface area contributed by atoms with Crippen molar-refractivity contribution in [2.45, 2.75) is 25.7 Å². The maximum absolute atomic E-state index is 12.6. The van der Waals surface area contributed by atoms with Crippen molar-refractivity contribution in [1.82, 2.24) is 20.0 Å². The lowest BCUT2D eigenvalue weighted by Crippen LogP contribution is -2.41. The first kappa shape index (κ1) is 16.9. The number of aromatic nitrogens is 3. The molecule has 26 heavy (non-hydrogen) atoms. The molecule has 0 spiro atoms. The Kier molecular flexibility index (Phi) is 5.06. The van der Waals surface area contributed by atoms with Gasteiger partial charge in [-0.05, 0) is 41.8 Å². The molecule has 1 atom stereocenters. The average molecular weight is 368 g/mol. The Hall–Kier alpha value is -2.54. The second-order valence-electron chi connectivity index (χ2n) is 6.61. The number of rotatable bonds is 5. The lowest BCUT2D eigenvalue weighted by molar-refractivity contribution is -0.132. The van der Waals surface area contributed by atoms with Crippen LogP contribution in [0.2, 0.25) is 0 Å². The fourth-order valence-electron chi connectivity index (χ4n) is 3.34. The number of hydrogen-bond donors (Lipinski definition) is 0. The van der Waals surface area contributed by atoms with Gasteiger partial charge in [-0.3, -0.25) is 9.78 Å². The number of pyridine rings is 1. The Bertz CT molecular complexity index is 848. The van der Waals surface area contributed by atoms with Crippen molar-refractivity contribution in [2.24, 2.45) is 5.92 Å². The van der Waals surface area contributed by atoms with Crippen molar-refractivity contribution in [1.29, 1.82) is 0 Å². The molecule has 1 aliphatic rings. The zero-order valence-electron chi connectivity index (χ0n) is 14.4. The van der Waals surface area contributed by atoms with Gasteiger partial charge >= 0.3 is 0 Å². The van der Waals surface area contributed by atoms with Gasteiger partial charge in [-0.1, -0.05) is 11.2 Å². The largest absolute Gasteiger partial charge is 0.342 e. The molecule has 3 aromatic rings. The molecule has 7 heteroatoms. The fraction of sp³-hybridized carbons (Fsp3) is 0.368. The molecule has 4 rings (SSSR count). The minimum atomic E-state index is 0.159. The van der Waals surface area contributed by atoms with E-state index in [1.165, 1.54) is 0 Å². The molecule has 6 nitrogen and oxygen atoms in total. The van der Waals surface area contributed by atoms with Gasteiger partial charge in [0, 0.05) is 42.8 Å². The second kappa shape index (κ2) is 7.78. The molecule has 3 aromatic heterocycles. The van der Waals surface area contributed by atoms with Crippen molar-refractivity contribution in [2.75, 3.05) is 13.1 Å². The van der Waals surface area contributed by atoms with Crippen molar-refractivity contribution in [3.63, 3.8) is 0 Å². The van der Waals surface area contributed by atoms with Gasteiger partial charge in [0.15, 0.2) is 0 Å². The summed E-state index contributed by atoms with van der Waals surface area (Å²) in [5.41, 5.74) is 1.94. The fourth-order valence-corrected chi connectivity index (χ4v) is 3.98. The Balaban J connectivity index is 1.35. The summed E-state index contributed by atoms with van der Waals surface area (Å²) in [6.07, 6.45) is 6.68. The Morgan fingerprint density at radius 2 is 2.35 bits per heavy atom. The third kappa shape index (κ3) is 3.99. The van der Waals surface area contributed by atoms with Crippen LogP contribution in [-0.4, -0.2) is 39.0 Å². The highest BCUT2D eigenvalue weighted by Crippen LogP contribution is 2.23. The number of likely N-dealkylation sites (tertiary alicyclic amines) is 1. The molecule has 0 aliphatic carbocycles. The summed E-state index contributed by atoms with van der Waals surface area (Å²) >= 11 is 1.61. The molecule has 0 saturated carbocycles. The predicted octanol–water partition coefficient (Wildman–Crippen LogP) is 3.22. The number of amides is 1. The lowest BCUT2D eigenvalue weighted by atomic mass is 9.94. The smallest absolute Gasteiger partial charge is 0.227 e. The number of carbonyl (C=O) groups excluding carboxylic acids is 1. The summed E-state index contributed by atoms with van der Waals surface area (Å²) in [4.78, 5) is 23.1. The first-order valence-corrected chi connectivity index (χ1v) is 9.74. The molecule has 0 aromatic carbocycles. The van der Waals surface area contributed by atoms with E-state index in [-0.39, 0.29) is 5.91 Å². The van der Waals surface area contributed by atoms with Gasteiger partial charge in [0.05, 0.1) is 6.42 Å². The van der Waals surface area contributed by atoms with Gasteiger partial charge in [0.25, 0.3) is 0 Å². The predicted molar refractivity (Wildman–Crippen MR) is 98.6 cm³/mol. The first-order chi connectivity index (χ1) is 12.8. The number of piperidine rings is 1. The Labute approximate surface area is 155 Å². The van der Waals surface area contributed by atoms with E-state index in [4.69, 9.17) is 4.52 Å². The molecule has 0 N–H and O–H groups in total. The summed E-state index contributed by atoms with van der Waals surface area (Å²) in [6.45, 7) is 1.56. The van der Waals surface area contributed by atoms with E-state index in [1.54, 1.807) is 23.7 Å². The molecule has 1 saturated heterocycles. The van der Waals surface area contributed by atoms with Gasteiger partial charge < -0.3 is 9.42 Å². The van der Waals surface area contributed by atoms with Crippen molar-refractivity contribution in [3.8, 4) is 11.4 Å². The van der Waals surface area contributed by atoms with Crippen LogP contribution in [0.1, 0.15) is 24.3 Å². The molecule has 1 aliphatic heterocycles. The molecule has 4 heterocycles. The van der Waals surface area contributed by atoms with E-state index in [2.05, 4.69) is 15.1 Å². The molecule has 1 amide bonds. The number of carbonyl (C=O) groups is 1. The summed E-state index contributed by atoms with van der Waals surface area (Å²) in [5.74, 6) is 1.81. The van der Waals surface area contributed by atoms with Gasteiger partial charge in [0.2, 0.25) is 17.6 Å². The zero-order chi connectivity index (χ0) is 17.8. The monoisotopic (exact) mass is 368 g/mol. The van der Waals surface area contributed by atoms with Crippen molar-refractivity contribution < 1.29 is 9.32 Å². The summed E-state index contributed by atoms with van der Waals surface area (Å²) < 4.78 is 5.41. The van der Waals surface area contributed by atoms with E-state index in [1.807, 2.05) is 33.9 Å². The van der Waals surface area contributed by atoms with Gasteiger partial charge in [-0.2, -0.15) is 16.3 Å². The van der Waals surface area contributed by atoms with Crippen molar-refractivity contribution >= 4 is 17.2 Å². The Morgan fingerprint density at radius 1 is 1.38 bits per heavy atom. The minimum Gasteiger partial charge on any atom is -0.342 e. The van der Waals surface area contributed by atoms with Crippen LogP contribution in [0.15, 0.2) is 45.9 Å². The normalized spacial score (nSPS) is 17.4. The quantitative estimate of drug-likeness (QED) is 0.691. The van der Waals surface area contributed by atoms with Crippen LogP contribution in [0.5, 0.6) is 0 Å². The van der Waals surface area contributed by atoms with Gasteiger partial charge in [0.1, 0.15) is 0 Å². The number of hydrogen-bond acceptors (Lipinski definition) is 6. The third-order valence-electron chi connectivity index (χ3n) is 4.66. The summed E-state index contributed by atoms with van der Waals surface area (Å²) in [7, 11) is 0. The van der Waals surface area contributed by atoms with Crippen LogP contribution in [-0.2, 0) is 17.6 Å². The van der Waals surface area contributed by atoms with E-state index >= 15 is 0 Å². The molecule has 0 bridgehead atoms. The molecular weight excluding hydrogens is 348 g/mol. The molecule has 0 radical (unpaired) electrons. The molecule has 0 unspecified atom stereocenters. The standard InChI is InChI=1S/C19H20N4O2S/c24-18(10-14-3-1-6-20-11-14)23-7-2-4-15(12-23)9-17-21-19(22-25-17)16-5-8-26-13-16/h1,3,5-6,8,11,13,15H,2,4,7,9-10,12H2/t15-/m1/s1. The zero-order valence-corrected chi connectivity index (χ0v) is 15.2. The van der Waals surface area contributed by atoms with E-state index in [0.717, 1.165) is 37.1 Å². The molecule has 1 fully saturated rings. The van der Waals surface area contributed by atoms with Gasteiger partial charge in [-0.25, -0.2) is 0 Å². The number of nitrogens with zero attached hydrogens (tertiary/aromatic N) is 4. The van der Waals surface area contributed by atoms with E-state index < -0.39 is 0 Å². The van der Waals surface area contributed by atoms with E-state index in [9.17, 15) is 4.79 Å². The average Bonchev–Trinajstić information content (AvgIpc) is 3.34. The maximum atomic E-state index is 12.6. The van der Waals surface area contributed by atoms with Crippen LogP contribution < -0.4 is 0 Å². The van der Waals surface area contributed by atoms with Crippen LogP contribution in [0.4, 0.5) is 0 Å². The number of thiophene rings is 1. The first-order valence-electron chi connectivity index (χ1n) is 8.80. The van der Waals surface area contributed by atoms with Crippen LogP contribution in [0.25, 0.3) is 11.4 Å².